The molecule has 0 saturated heterocycles. The molecule has 106 valence electrons. The molecule has 2 aliphatic rings. The lowest BCUT2D eigenvalue weighted by atomic mass is 9.96. The van der Waals surface area contributed by atoms with E-state index in [9.17, 15) is 0 Å². The maximum atomic E-state index is 3.62. The third-order valence-electron chi connectivity index (χ3n) is 4.45. The van der Waals surface area contributed by atoms with Crippen molar-refractivity contribution in [3.05, 3.63) is 66.0 Å². The van der Waals surface area contributed by atoms with Crippen molar-refractivity contribution in [2.45, 2.75) is 6.54 Å². The zero-order chi connectivity index (χ0) is 14.5. The third kappa shape index (κ3) is 1.51. The molecule has 0 unspecified atom stereocenters. The van der Waals surface area contributed by atoms with Crippen molar-refractivity contribution < 1.29 is 0 Å². The van der Waals surface area contributed by atoms with Crippen LogP contribution in [0.15, 0.2) is 54.7 Å². The molecule has 5 rings (SSSR count). The van der Waals surface area contributed by atoms with E-state index in [1.165, 1.54) is 33.6 Å². The van der Waals surface area contributed by atoms with E-state index < -0.39 is 0 Å². The molecule has 3 N–H and O–H groups in total. The zero-order valence-corrected chi connectivity index (χ0v) is 12.0. The van der Waals surface area contributed by atoms with Crippen molar-refractivity contribution in [2.75, 3.05) is 5.32 Å². The van der Waals surface area contributed by atoms with Crippen molar-refractivity contribution in [3.63, 3.8) is 0 Å². The average Bonchev–Trinajstić information content (AvgIpc) is 2.89. The van der Waals surface area contributed by atoms with Gasteiger partial charge in [-0.3, -0.25) is 0 Å². The quantitative estimate of drug-likeness (QED) is 0.446. The molecular formula is C19H15N3. The first-order valence-corrected chi connectivity index (χ1v) is 7.52. The van der Waals surface area contributed by atoms with Gasteiger partial charge in [0.15, 0.2) is 0 Å². The van der Waals surface area contributed by atoms with Crippen LogP contribution < -0.4 is 10.6 Å². The zero-order valence-electron chi connectivity index (χ0n) is 12.0. The molecule has 3 aromatic rings. The van der Waals surface area contributed by atoms with Gasteiger partial charge in [-0.1, -0.05) is 36.4 Å². The first-order chi connectivity index (χ1) is 10.9. The molecule has 0 amide bonds. The minimum Gasteiger partial charge on any atom is -0.387 e. The summed E-state index contributed by atoms with van der Waals surface area (Å²) in [5.41, 5.74) is 9.82. The van der Waals surface area contributed by atoms with E-state index in [1.807, 2.05) is 6.20 Å². The van der Waals surface area contributed by atoms with Gasteiger partial charge in [-0.2, -0.15) is 0 Å². The Labute approximate surface area is 128 Å². The number of para-hydroxylation sites is 2. The van der Waals surface area contributed by atoms with E-state index in [0.717, 1.165) is 17.9 Å². The molecule has 3 heteroatoms. The van der Waals surface area contributed by atoms with E-state index in [0.29, 0.717) is 0 Å². The predicted molar refractivity (Wildman–Crippen MR) is 90.8 cm³/mol. The second kappa shape index (κ2) is 4.28. The maximum Gasteiger partial charge on any atom is 0.0563 e. The molecule has 3 nitrogen and oxygen atoms in total. The Morgan fingerprint density at radius 2 is 1.55 bits per heavy atom. The largest absolute Gasteiger partial charge is 0.387 e. The highest BCUT2D eigenvalue weighted by molar-refractivity contribution is 5.99. The second-order valence-electron chi connectivity index (χ2n) is 5.70. The normalized spacial score (nSPS) is 13.8. The van der Waals surface area contributed by atoms with Crippen LogP contribution in [0, 0.1) is 0 Å². The van der Waals surface area contributed by atoms with Crippen molar-refractivity contribution in [1.29, 1.82) is 0 Å². The molecule has 0 saturated carbocycles. The number of rotatable bonds is 0. The minimum atomic E-state index is 0.855. The predicted octanol–water partition coefficient (Wildman–Crippen LogP) is 4.48. The van der Waals surface area contributed by atoms with Crippen LogP contribution in [-0.2, 0) is 6.54 Å². The summed E-state index contributed by atoms with van der Waals surface area (Å²) in [6.45, 7) is 0.855. The van der Waals surface area contributed by atoms with Gasteiger partial charge in [-0.15, -0.1) is 0 Å². The molecule has 0 aliphatic carbocycles. The van der Waals surface area contributed by atoms with E-state index in [4.69, 9.17) is 0 Å². The molecular weight excluding hydrogens is 270 g/mol. The van der Waals surface area contributed by atoms with Gasteiger partial charge in [0.2, 0.25) is 0 Å². The summed E-state index contributed by atoms with van der Waals surface area (Å²) in [5, 5.41) is 6.92. The summed E-state index contributed by atoms with van der Waals surface area (Å²) in [7, 11) is 0. The molecule has 1 aromatic heterocycles. The van der Waals surface area contributed by atoms with E-state index in [1.54, 1.807) is 0 Å². The Balaban J connectivity index is 1.93. The number of hydrogen-bond acceptors (Lipinski definition) is 2. The molecule has 22 heavy (non-hydrogen) atoms. The van der Waals surface area contributed by atoms with Crippen LogP contribution in [0.2, 0.25) is 0 Å². The summed E-state index contributed by atoms with van der Waals surface area (Å²) < 4.78 is 0. The molecule has 3 heterocycles. The van der Waals surface area contributed by atoms with Gasteiger partial charge in [-0.25, -0.2) is 0 Å². The van der Waals surface area contributed by atoms with Crippen LogP contribution in [0.25, 0.3) is 28.5 Å². The third-order valence-corrected chi connectivity index (χ3v) is 4.45. The fraction of sp³-hybridized carbons (Fsp3) is 0.0526. The highest BCUT2D eigenvalue weighted by Crippen LogP contribution is 2.46. The van der Waals surface area contributed by atoms with Gasteiger partial charge in [0.05, 0.1) is 5.69 Å². The number of fused-ring (bicyclic) bond motifs is 7. The Hall–Kier alpha value is -2.94. The fourth-order valence-corrected chi connectivity index (χ4v) is 3.45. The SMILES string of the molecule is C1=Cc2[nH]c3c(c2CN1)-c1ccccc1Nc1ccccc1-3. The average molecular weight is 285 g/mol. The first-order valence-electron chi connectivity index (χ1n) is 7.52. The number of hydrogen-bond donors (Lipinski definition) is 3. The number of aromatic amines is 1. The van der Waals surface area contributed by atoms with Crippen molar-refractivity contribution in [1.82, 2.24) is 10.3 Å². The van der Waals surface area contributed by atoms with Crippen LogP contribution >= 0.6 is 0 Å². The molecule has 0 radical (unpaired) electrons. The highest BCUT2D eigenvalue weighted by atomic mass is 14.9. The standard InChI is InChI=1S/C19H15N3/c1-3-7-15-12(5-1)18-14-11-20-10-9-17(14)22-19(18)13-6-2-4-8-16(13)21-15/h1-10,20-22H,11H2. The Bertz CT molecular complexity index is 918. The number of aromatic nitrogens is 1. The van der Waals surface area contributed by atoms with Crippen molar-refractivity contribution >= 4 is 17.5 Å². The summed E-state index contributed by atoms with van der Waals surface area (Å²) in [4.78, 5) is 3.62. The summed E-state index contributed by atoms with van der Waals surface area (Å²) in [5.74, 6) is 0. The van der Waals surface area contributed by atoms with Gasteiger partial charge < -0.3 is 15.6 Å². The maximum absolute atomic E-state index is 3.62. The van der Waals surface area contributed by atoms with Crippen molar-refractivity contribution in [3.8, 4) is 22.4 Å². The smallest absolute Gasteiger partial charge is 0.0563 e. The number of H-pyrrole nitrogens is 1. The monoisotopic (exact) mass is 285 g/mol. The highest BCUT2D eigenvalue weighted by Gasteiger charge is 2.25. The molecule has 0 fully saturated rings. The Kier molecular flexibility index (Phi) is 2.27. The minimum absolute atomic E-state index is 0.855. The number of anilines is 2. The van der Waals surface area contributed by atoms with Crippen LogP contribution in [0.1, 0.15) is 11.3 Å². The summed E-state index contributed by atoms with van der Waals surface area (Å²) >= 11 is 0. The number of benzene rings is 2. The van der Waals surface area contributed by atoms with Crippen LogP contribution in [0.3, 0.4) is 0 Å². The van der Waals surface area contributed by atoms with Crippen LogP contribution in [0.5, 0.6) is 0 Å². The van der Waals surface area contributed by atoms with E-state index in [-0.39, 0.29) is 0 Å². The van der Waals surface area contributed by atoms with Gasteiger partial charge in [0, 0.05) is 45.9 Å². The lowest BCUT2D eigenvalue weighted by Crippen LogP contribution is -2.09. The first kappa shape index (κ1) is 11.7. The second-order valence-corrected chi connectivity index (χ2v) is 5.70. The Morgan fingerprint density at radius 3 is 2.41 bits per heavy atom. The van der Waals surface area contributed by atoms with E-state index >= 15 is 0 Å². The van der Waals surface area contributed by atoms with Gasteiger partial charge in [0.25, 0.3) is 0 Å². The van der Waals surface area contributed by atoms with Gasteiger partial charge in [0.1, 0.15) is 0 Å². The number of nitrogens with one attached hydrogen (secondary N) is 3. The molecule has 0 bridgehead atoms. The Morgan fingerprint density at radius 1 is 0.818 bits per heavy atom. The van der Waals surface area contributed by atoms with Gasteiger partial charge >= 0.3 is 0 Å². The lowest BCUT2D eigenvalue weighted by molar-refractivity contribution is 0.860. The van der Waals surface area contributed by atoms with E-state index in [2.05, 4.69) is 70.2 Å². The summed E-state index contributed by atoms with van der Waals surface area (Å²) in [6.07, 6.45) is 4.13. The van der Waals surface area contributed by atoms with Gasteiger partial charge in [-0.05, 0) is 24.4 Å². The molecule has 0 atom stereocenters. The fourth-order valence-electron chi connectivity index (χ4n) is 3.45. The lowest BCUT2D eigenvalue weighted by Gasteiger charge is -2.13. The summed E-state index contributed by atoms with van der Waals surface area (Å²) in [6, 6.07) is 17.0. The molecule has 2 aromatic carbocycles. The molecule has 0 spiro atoms. The van der Waals surface area contributed by atoms with Crippen LogP contribution in [-0.4, -0.2) is 4.98 Å². The topological polar surface area (TPSA) is 39.9 Å². The van der Waals surface area contributed by atoms with Crippen LogP contribution in [0.4, 0.5) is 11.4 Å². The molecule has 2 aliphatic heterocycles. The van der Waals surface area contributed by atoms with Crippen molar-refractivity contribution in [2.24, 2.45) is 0 Å².